The average molecular weight is 317 g/mol. The Morgan fingerprint density at radius 3 is 2.53 bits per heavy atom. The summed E-state index contributed by atoms with van der Waals surface area (Å²) >= 11 is 9.35. The van der Waals surface area contributed by atoms with Crippen LogP contribution in [0.5, 0.6) is 0 Å². The molecule has 0 aliphatic carbocycles. The zero-order valence-electron chi connectivity index (χ0n) is 9.71. The van der Waals surface area contributed by atoms with E-state index in [0.29, 0.717) is 10.9 Å². The maximum Gasteiger partial charge on any atom is 0.128 e. The Bertz CT molecular complexity index is 428. The van der Waals surface area contributed by atoms with Crippen molar-refractivity contribution in [2.24, 2.45) is 0 Å². The second kappa shape index (κ2) is 5.38. The molecule has 1 N–H and O–H groups in total. The lowest BCUT2D eigenvalue weighted by Crippen LogP contribution is -2.47. The predicted molar refractivity (Wildman–Crippen MR) is 75.1 cm³/mol. The lowest BCUT2D eigenvalue weighted by Gasteiger charge is -2.34. The molecule has 17 heavy (non-hydrogen) atoms. The van der Waals surface area contributed by atoms with Gasteiger partial charge in [0.25, 0.3) is 0 Å². The number of halogens is 2. The number of hydrogen-bond acceptors (Lipinski definition) is 2. The summed E-state index contributed by atoms with van der Waals surface area (Å²) in [6, 6.07) is 5.63. The minimum Gasteiger partial charge on any atom is -0.354 e. The van der Waals surface area contributed by atoms with Crippen LogP contribution in [0.15, 0.2) is 22.7 Å². The molecule has 92 valence electrons. The molecular formula is C12H15BrClN3. The van der Waals surface area contributed by atoms with E-state index in [0.717, 1.165) is 36.2 Å². The molecule has 1 fully saturated rings. The van der Waals surface area contributed by atoms with Crippen molar-refractivity contribution in [2.75, 3.05) is 33.2 Å². The molecule has 1 aliphatic rings. The van der Waals surface area contributed by atoms with Gasteiger partial charge in [-0.15, -0.1) is 0 Å². The quantitative estimate of drug-likeness (QED) is 0.638. The molecule has 0 spiro atoms. The predicted octanol–water partition coefficient (Wildman–Crippen LogP) is 2.68. The highest BCUT2D eigenvalue weighted by Gasteiger charge is 2.17. The van der Waals surface area contributed by atoms with Crippen molar-refractivity contribution in [3.63, 3.8) is 0 Å². The van der Waals surface area contributed by atoms with Gasteiger partial charge in [-0.3, -0.25) is 5.41 Å². The van der Waals surface area contributed by atoms with E-state index in [1.54, 1.807) is 0 Å². The van der Waals surface area contributed by atoms with Crippen molar-refractivity contribution in [2.45, 2.75) is 0 Å². The van der Waals surface area contributed by atoms with E-state index < -0.39 is 0 Å². The first-order valence-electron chi connectivity index (χ1n) is 5.55. The third-order valence-corrected chi connectivity index (χ3v) is 4.23. The standard InChI is InChI=1S/C12H15BrClN3/c1-16-4-6-17(7-5-16)12(15)9-2-3-11(14)10(13)8-9/h2-3,8,15H,4-7H2,1H3. The largest absolute Gasteiger partial charge is 0.354 e. The van der Waals surface area contributed by atoms with Gasteiger partial charge < -0.3 is 9.80 Å². The fraction of sp³-hybridized carbons (Fsp3) is 0.417. The Balaban J connectivity index is 2.11. The summed E-state index contributed by atoms with van der Waals surface area (Å²) in [6.07, 6.45) is 0. The van der Waals surface area contributed by atoms with Crippen molar-refractivity contribution >= 4 is 33.4 Å². The molecule has 3 nitrogen and oxygen atoms in total. The van der Waals surface area contributed by atoms with Crippen molar-refractivity contribution in [1.82, 2.24) is 9.80 Å². The summed E-state index contributed by atoms with van der Waals surface area (Å²) in [4.78, 5) is 4.39. The number of rotatable bonds is 1. The number of nitrogens with one attached hydrogen (secondary N) is 1. The van der Waals surface area contributed by atoms with E-state index in [1.807, 2.05) is 18.2 Å². The Morgan fingerprint density at radius 1 is 1.29 bits per heavy atom. The lowest BCUT2D eigenvalue weighted by atomic mass is 10.1. The maximum atomic E-state index is 8.20. The molecule has 1 saturated heterocycles. The molecular weight excluding hydrogens is 302 g/mol. The van der Waals surface area contributed by atoms with Crippen LogP contribution in [0.25, 0.3) is 0 Å². The number of likely N-dealkylation sites (N-methyl/N-ethyl adjacent to an activating group) is 1. The summed E-state index contributed by atoms with van der Waals surface area (Å²) in [5, 5.41) is 8.88. The zero-order valence-corrected chi connectivity index (χ0v) is 12.1. The molecule has 0 atom stereocenters. The van der Waals surface area contributed by atoms with Crippen LogP contribution in [0, 0.1) is 5.41 Å². The van der Waals surface area contributed by atoms with Crippen LogP contribution < -0.4 is 0 Å². The first-order valence-corrected chi connectivity index (χ1v) is 6.72. The van der Waals surface area contributed by atoms with Gasteiger partial charge >= 0.3 is 0 Å². The van der Waals surface area contributed by atoms with Crippen LogP contribution in [-0.2, 0) is 0 Å². The topological polar surface area (TPSA) is 30.3 Å². The van der Waals surface area contributed by atoms with Crippen LogP contribution >= 0.6 is 27.5 Å². The minimum absolute atomic E-state index is 0.579. The van der Waals surface area contributed by atoms with E-state index >= 15 is 0 Å². The Hall–Kier alpha value is -0.580. The monoisotopic (exact) mass is 315 g/mol. The smallest absolute Gasteiger partial charge is 0.128 e. The van der Waals surface area contributed by atoms with Gasteiger partial charge in [0.05, 0.1) is 5.02 Å². The van der Waals surface area contributed by atoms with Crippen molar-refractivity contribution in [3.05, 3.63) is 33.3 Å². The Labute approximate surface area is 115 Å². The minimum atomic E-state index is 0.579. The van der Waals surface area contributed by atoms with Gasteiger partial charge in [0.2, 0.25) is 0 Å². The molecule has 0 bridgehead atoms. The van der Waals surface area contributed by atoms with Crippen molar-refractivity contribution < 1.29 is 0 Å². The third-order valence-electron chi connectivity index (χ3n) is 3.01. The summed E-state index contributed by atoms with van der Waals surface area (Å²) in [5.41, 5.74) is 0.908. The SMILES string of the molecule is CN1CCN(C(=N)c2ccc(Cl)c(Br)c2)CC1. The summed E-state index contributed by atoms with van der Waals surface area (Å²) < 4.78 is 0.843. The van der Waals surface area contributed by atoms with E-state index in [4.69, 9.17) is 17.0 Å². The molecule has 1 aliphatic heterocycles. The normalized spacial score (nSPS) is 17.2. The summed E-state index contributed by atoms with van der Waals surface area (Å²) in [5.74, 6) is 0.579. The van der Waals surface area contributed by atoms with Crippen LogP contribution in [0.1, 0.15) is 5.56 Å². The van der Waals surface area contributed by atoms with Crippen LogP contribution in [-0.4, -0.2) is 48.9 Å². The molecule has 1 aromatic carbocycles. The highest BCUT2D eigenvalue weighted by atomic mass is 79.9. The van der Waals surface area contributed by atoms with Crippen LogP contribution in [0.3, 0.4) is 0 Å². The van der Waals surface area contributed by atoms with Crippen molar-refractivity contribution in [1.29, 1.82) is 5.41 Å². The van der Waals surface area contributed by atoms with E-state index in [9.17, 15) is 0 Å². The molecule has 5 heteroatoms. The van der Waals surface area contributed by atoms with Gasteiger partial charge in [-0.1, -0.05) is 11.6 Å². The Morgan fingerprint density at radius 2 is 1.94 bits per heavy atom. The summed E-state index contributed by atoms with van der Waals surface area (Å²) in [6.45, 7) is 3.85. The fourth-order valence-electron chi connectivity index (χ4n) is 1.86. The van der Waals surface area contributed by atoms with Gasteiger partial charge in [0.15, 0.2) is 0 Å². The molecule has 0 aromatic heterocycles. The van der Waals surface area contributed by atoms with Gasteiger partial charge in [-0.2, -0.15) is 0 Å². The second-order valence-corrected chi connectivity index (χ2v) is 5.53. The molecule has 2 rings (SSSR count). The number of hydrogen-bond donors (Lipinski definition) is 1. The number of piperazine rings is 1. The van der Waals surface area contributed by atoms with Crippen LogP contribution in [0.4, 0.5) is 0 Å². The molecule has 0 amide bonds. The highest BCUT2D eigenvalue weighted by Crippen LogP contribution is 2.24. The van der Waals surface area contributed by atoms with Gasteiger partial charge in [0, 0.05) is 36.2 Å². The fourth-order valence-corrected chi connectivity index (χ4v) is 2.35. The molecule has 1 aromatic rings. The number of amidine groups is 1. The summed E-state index contributed by atoms with van der Waals surface area (Å²) in [7, 11) is 2.11. The lowest BCUT2D eigenvalue weighted by molar-refractivity contribution is 0.215. The third kappa shape index (κ3) is 3.00. The average Bonchev–Trinajstić information content (AvgIpc) is 2.33. The van der Waals surface area contributed by atoms with E-state index in [-0.39, 0.29) is 0 Å². The molecule has 0 unspecified atom stereocenters. The number of benzene rings is 1. The zero-order chi connectivity index (χ0) is 12.4. The highest BCUT2D eigenvalue weighted by molar-refractivity contribution is 9.10. The van der Waals surface area contributed by atoms with E-state index in [1.165, 1.54) is 0 Å². The molecule has 1 heterocycles. The molecule has 0 radical (unpaired) electrons. The Kier molecular flexibility index (Phi) is 4.07. The first-order chi connectivity index (χ1) is 8.08. The number of nitrogens with zero attached hydrogens (tertiary/aromatic N) is 2. The first kappa shape index (κ1) is 12.9. The van der Waals surface area contributed by atoms with Crippen molar-refractivity contribution in [3.8, 4) is 0 Å². The van der Waals surface area contributed by atoms with Gasteiger partial charge in [-0.05, 0) is 41.2 Å². The van der Waals surface area contributed by atoms with Gasteiger partial charge in [-0.25, -0.2) is 0 Å². The van der Waals surface area contributed by atoms with E-state index in [2.05, 4.69) is 32.8 Å². The van der Waals surface area contributed by atoms with Gasteiger partial charge in [0.1, 0.15) is 5.84 Å². The molecule has 0 saturated carbocycles. The maximum absolute atomic E-state index is 8.20. The van der Waals surface area contributed by atoms with Crippen LogP contribution in [0.2, 0.25) is 5.02 Å². The second-order valence-electron chi connectivity index (χ2n) is 4.27.